The summed E-state index contributed by atoms with van der Waals surface area (Å²) in [6, 6.07) is 16.6. The van der Waals surface area contributed by atoms with Crippen LogP contribution in [0.5, 0.6) is 0 Å². The number of rotatable bonds is 5. The van der Waals surface area contributed by atoms with Crippen molar-refractivity contribution >= 4 is 23.4 Å². The van der Waals surface area contributed by atoms with Crippen LogP contribution in [0, 0.1) is 0 Å². The molecule has 0 aliphatic heterocycles. The molecule has 0 amide bonds. The Balaban J connectivity index is 2.00. The Morgan fingerprint density at radius 3 is 2.44 bits per heavy atom. The normalized spacial score (nSPS) is 11.4. The first kappa shape index (κ1) is 19.2. The zero-order chi connectivity index (χ0) is 19.4. The van der Waals surface area contributed by atoms with Gasteiger partial charge in [0, 0.05) is 23.8 Å². The van der Waals surface area contributed by atoms with Crippen LogP contribution in [0.3, 0.4) is 0 Å². The summed E-state index contributed by atoms with van der Waals surface area (Å²) in [7, 11) is 1.74. The van der Waals surface area contributed by atoms with Crippen molar-refractivity contribution in [2.75, 3.05) is 11.9 Å². The Kier molecular flexibility index (Phi) is 5.70. The van der Waals surface area contributed by atoms with Crippen molar-refractivity contribution < 1.29 is 13.2 Å². The van der Waals surface area contributed by atoms with Crippen LogP contribution in [0.25, 0.3) is 0 Å². The molecule has 0 aliphatic rings. The number of benzene rings is 2. The third-order valence-corrected chi connectivity index (χ3v) is 5.02. The summed E-state index contributed by atoms with van der Waals surface area (Å²) in [5.74, 6) is 0.217. The van der Waals surface area contributed by atoms with Crippen LogP contribution in [0.2, 0.25) is 0 Å². The van der Waals surface area contributed by atoms with E-state index < -0.39 is 11.7 Å². The Bertz CT molecular complexity index is 914. The number of anilines is 2. The van der Waals surface area contributed by atoms with E-state index in [0.717, 1.165) is 35.6 Å². The van der Waals surface area contributed by atoms with Crippen molar-refractivity contribution in [3.05, 3.63) is 71.9 Å². The van der Waals surface area contributed by atoms with Gasteiger partial charge < -0.3 is 4.90 Å². The minimum atomic E-state index is -4.52. The molecule has 0 radical (unpaired) electrons. The van der Waals surface area contributed by atoms with Crippen molar-refractivity contribution in [3.63, 3.8) is 0 Å². The van der Waals surface area contributed by atoms with E-state index in [4.69, 9.17) is 0 Å². The van der Waals surface area contributed by atoms with Crippen LogP contribution in [-0.4, -0.2) is 17.0 Å². The zero-order valence-electron chi connectivity index (χ0n) is 14.9. The quantitative estimate of drug-likeness (QED) is 0.502. The Hall–Kier alpha value is -2.54. The fourth-order valence-electron chi connectivity index (χ4n) is 2.49. The second kappa shape index (κ2) is 8.00. The largest absolute Gasteiger partial charge is 0.420 e. The van der Waals surface area contributed by atoms with Gasteiger partial charge in [-0.2, -0.15) is 13.2 Å². The van der Waals surface area contributed by atoms with E-state index >= 15 is 0 Å². The minimum Gasteiger partial charge on any atom is -0.314 e. The summed E-state index contributed by atoms with van der Waals surface area (Å²) in [4.78, 5) is 10.6. The van der Waals surface area contributed by atoms with E-state index in [0.29, 0.717) is 4.90 Å². The molecule has 0 aliphatic carbocycles. The van der Waals surface area contributed by atoms with Gasteiger partial charge in [-0.15, -0.1) is 0 Å². The maximum Gasteiger partial charge on any atom is 0.420 e. The molecule has 1 heterocycles. The highest BCUT2D eigenvalue weighted by atomic mass is 32.2. The Morgan fingerprint density at radius 1 is 1.04 bits per heavy atom. The van der Waals surface area contributed by atoms with Gasteiger partial charge in [-0.3, -0.25) is 0 Å². The van der Waals surface area contributed by atoms with Gasteiger partial charge in [-0.1, -0.05) is 49.0 Å². The maximum atomic E-state index is 13.4. The van der Waals surface area contributed by atoms with E-state index in [9.17, 15) is 13.2 Å². The number of nitrogens with zero attached hydrogens (tertiary/aromatic N) is 3. The van der Waals surface area contributed by atoms with Crippen LogP contribution in [0.15, 0.2) is 70.7 Å². The topological polar surface area (TPSA) is 29.0 Å². The van der Waals surface area contributed by atoms with Crippen molar-refractivity contribution in [2.45, 2.75) is 29.4 Å². The highest BCUT2D eigenvalue weighted by Crippen LogP contribution is 2.39. The van der Waals surface area contributed by atoms with E-state index in [1.807, 2.05) is 37.3 Å². The summed E-state index contributed by atoms with van der Waals surface area (Å²) in [6.07, 6.45) is -2.80. The van der Waals surface area contributed by atoms with E-state index in [-0.39, 0.29) is 11.0 Å². The molecule has 3 rings (SSSR count). The third kappa shape index (κ3) is 4.60. The molecular weight excluding hydrogens is 371 g/mol. The van der Waals surface area contributed by atoms with Gasteiger partial charge >= 0.3 is 6.18 Å². The standard InChI is InChI=1S/C20H18F3N3S/c1-3-14-8-7-9-15(12-14)26(2)19-24-13-17(20(21,22)23)18(25-19)27-16-10-5-4-6-11-16/h4-13H,3H2,1-2H3. The third-order valence-electron chi connectivity index (χ3n) is 4.01. The van der Waals surface area contributed by atoms with Gasteiger partial charge in [0.05, 0.1) is 0 Å². The monoisotopic (exact) mass is 389 g/mol. The Labute approximate surface area is 160 Å². The lowest BCUT2D eigenvalue weighted by Gasteiger charge is -2.20. The lowest BCUT2D eigenvalue weighted by atomic mass is 10.1. The fourth-order valence-corrected chi connectivity index (χ4v) is 3.41. The zero-order valence-corrected chi connectivity index (χ0v) is 15.7. The van der Waals surface area contributed by atoms with Gasteiger partial charge in [0.15, 0.2) is 0 Å². The molecule has 0 saturated carbocycles. The van der Waals surface area contributed by atoms with Crippen molar-refractivity contribution in [1.29, 1.82) is 0 Å². The highest BCUT2D eigenvalue weighted by Gasteiger charge is 2.35. The molecule has 2 aromatic carbocycles. The predicted octanol–water partition coefficient (Wildman–Crippen LogP) is 5.98. The molecule has 7 heteroatoms. The minimum absolute atomic E-state index is 0.114. The maximum absolute atomic E-state index is 13.4. The van der Waals surface area contributed by atoms with Crippen LogP contribution >= 0.6 is 11.8 Å². The number of aryl methyl sites for hydroxylation is 1. The molecule has 0 N–H and O–H groups in total. The molecule has 0 saturated heterocycles. The number of aromatic nitrogens is 2. The summed E-state index contributed by atoms with van der Waals surface area (Å²) in [5.41, 5.74) is 1.12. The molecule has 1 aromatic heterocycles. The SMILES string of the molecule is CCc1cccc(N(C)c2ncc(C(F)(F)F)c(Sc3ccccc3)n2)c1. The number of hydrogen-bond acceptors (Lipinski definition) is 4. The summed E-state index contributed by atoms with van der Waals surface area (Å²) >= 11 is 0.978. The first-order valence-electron chi connectivity index (χ1n) is 8.38. The van der Waals surface area contributed by atoms with Crippen molar-refractivity contribution in [3.8, 4) is 0 Å². The Morgan fingerprint density at radius 2 is 1.78 bits per heavy atom. The van der Waals surface area contributed by atoms with Gasteiger partial charge in [-0.05, 0) is 36.2 Å². The van der Waals surface area contributed by atoms with E-state index in [2.05, 4.69) is 9.97 Å². The predicted molar refractivity (Wildman–Crippen MR) is 101 cm³/mol. The average Bonchev–Trinajstić information content (AvgIpc) is 2.67. The molecule has 0 bridgehead atoms. The highest BCUT2D eigenvalue weighted by molar-refractivity contribution is 7.99. The molecule has 0 atom stereocenters. The molecule has 27 heavy (non-hydrogen) atoms. The molecule has 0 fully saturated rings. The van der Waals surface area contributed by atoms with Gasteiger partial charge in [0.2, 0.25) is 5.95 Å². The first-order chi connectivity index (χ1) is 12.9. The first-order valence-corrected chi connectivity index (χ1v) is 9.20. The summed E-state index contributed by atoms with van der Waals surface area (Å²) < 4.78 is 40.2. The van der Waals surface area contributed by atoms with E-state index in [1.165, 1.54) is 0 Å². The molecule has 140 valence electrons. The second-order valence-electron chi connectivity index (χ2n) is 5.88. The van der Waals surface area contributed by atoms with Crippen LogP contribution < -0.4 is 4.90 Å². The molecule has 0 spiro atoms. The smallest absolute Gasteiger partial charge is 0.314 e. The van der Waals surface area contributed by atoms with Crippen LogP contribution in [-0.2, 0) is 12.6 Å². The number of alkyl halides is 3. The van der Waals surface area contributed by atoms with Crippen LogP contribution in [0.1, 0.15) is 18.1 Å². The van der Waals surface area contributed by atoms with Gasteiger partial charge in [0.1, 0.15) is 10.6 Å². The number of halogens is 3. The average molecular weight is 389 g/mol. The summed E-state index contributed by atoms with van der Waals surface area (Å²) in [6.45, 7) is 2.04. The number of hydrogen-bond donors (Lipinski definition) is 0. The van der Waals surface area contributed by atoms with Crippen molar-refractivity contribution in [1.82, 2.24) is 9.97 Å². The lowest BCUT2D eigenvalue weighted by Crippen LogP contribution is -2.16. The summed E-state index contributed by atoms with van der Waals surface area (Å²) in [5, 5.41) is -0.114. The molecular formula is C20H18F3N3S. The van der Waals surface area contributed by atoms with Gasteiger partial charge in [0.25, 0.3) is 0 Å². The molecule has 3 aromatic rings. The van der Waals surface area contributed by atoms with E-state index in [1.54, 1.807) is 36.2 Å². The second-order valence-corrected chi connectivity index (χ2v) is 6.95. The van der Waals surface area contributed by atoms with Crippen molar-refractivity contribution in [2.24, 2.45) is 0 Å². The van der Waals surface area contributed by atoms with Gasteiger partial charge in [-0.25, -0.2) is 9.97 Å². The molecule has 3 nitrogen and oxygen atoms in total. The lowest BCUT2D eigenvalue weighted by molar-refractivity contribution is -0.140. The fraction of sp³-hybridized carbons (Fsp3) is 0.200. The van der Waals surface area contributed by atoms with Crippen LogP contribution in [0.4, 0.5) is 24.8 Å². The molecule has 0 unspecified atom stereocenters.